The molecule has 0 aliphatic carbocycles. The van der Waals surface area contributed by atoms with Gasteiger partial charge in [-0.1, -0.05) is 11.6 Å². The summed E-state index contributed by atoms with van der Waals surface area (Å²) in [6.45, 7) is 1.55. The van der Waals surface area contributed by atoms with Gasteiger partial charge in [-0.25, -0.2) is 8.78 Å². The van der Waals surface area contributed by atoms with E-state index in [1.807, 2.05) is 0 Å². The lowest BCUT2D eigenvalue weighted by Crippen LogP contribution is -2.20. The minimum atomic E-state index is -1.03. The summed E-state index contributed by atoms with van der Waals surface area (Å²) < 4.78 is 31.1. The maximum atomic E-state index is 13.0. The van der Waals surface area contributed by atoms with Crippen LogP contribution in [0.3, 0.4) is 0 Å². The van der Waals surface area contributed by atoms with E-state index in [1.54, 1.807) is 25.1 Å². The van der Waals surface area contributed by atoms with E-state index in [2.05, 4.69) is 5.32 Å². The first-order chi connectivity index (χ1) is 9.95. The highest BCUT2D eigenvalue weighted by molar-refractivity contribution is 6.30. The third kappa shape index (κ3) is 4.16. The summed E-state index contributed by atoms with van der Waals surface area (Å²) >= 11 is 5.81. The molecule has 3 nitrogen and oxygen atoms in total. The second-order valence-corrected chi connectivity index (χ2v) is 4.81. The summed E-state index contributed by atoms with van der Waals surface area (Å²) in [7, 11) is 0. The fourth-order valence-corrected chi connectivity index (χ4v) is 1.92. The molecule has 0 aliphatic rings. The third-order valence-electron chi connectivity index (χ3n) is 2.70. The van der Waals surface area contributed by atoms with Crippen LogP contribution in [0.4, 0.5) is 14.5 Å². The van der Waals surface area contributed by atoms with Crippen LogP contribution in [0, 0.1) is 18.6 Å². The van der Waals surface area contributed by atoms with Crippen LogP contribution in [0.25, 0.3) is 0 Å². The zero-order valence-electron chi connectivity index (χ0n) is 11.1. The van der Waals surface area contributed by atoms with Crippen LogP contribution in [0.5, 0.6) is 5.75 Å². The lowest BCUT2D eigenvalue weighted by molar-refractivity contribution is -0.118. The number of anilines is 1. The molecular formula is C15H12ClF2NO2. The molecule has 0 unspecified atom stereocenters. The van der Waals surface area contributed by atoms with Crippen LogP contribution in [0.15, 0.2) is 36.4 Å². The molecular weight excluding hydrogens is 300 g/mol. The Morgan fingerprint density at radius 2 is 1.95 bits per heavy atom. The molecule has 110 valence electrons. The van der Waals surface area contributed by atoms with Crippen LogP contribution < -0.4 is 10.1 Å². The Morgan fingerprint density at radius 3 is 2.62 bits per heavy atom. The fraction of sp³-hybridized carbons (Fsp3) is 0.133. The Morgan fingerprint density at radius 1 is 1.19 bits per heavy atom. The van der Waals surface area contributed by atoms with Crippen LogP contribution in [-0.4, -0.2) is 12.5 Å². The second-order valence-electron chi connectivity index (χ2n) is 4.38. The van der Waals surface area contributed by atoms with E-state index in [0.717, 1.165) is 17.7 Å². The van der Waals surface area contributed by atoms with Crippen LogP contribution >= 0.6 is 11.6 Å². The van der Waals surface area contributed by atoms with E-state index in [9.17, 15) is 13.6 Å². The first kappa shape index (κ1) is 15.3. The summed E-state index contributed by atoms with van der Waals surface area (Å²) in [6.07, 6.45) is 0. The average molecular weight is 312 g/mol. The molecule has 0 fully saturated rings. The lowest BCUT2D eigenvalue weighted by atomic mass is 10.2. The number of benzene rings is 2. The van der Waals surface area contributed by atoms with E-state index in [1.165, 1.54) is 6.07 Å². The highest BCUT2D eigenvalue weighted by Crippen LogP contribution is 2.21. The van der Waals surface area contributed by atoms with Crippen molar-refractivity contribution in [3.05, 3.63) is 58.6 Å². The van der Waals surface area contributed by atoms with Gasteiger partial charge in [0.1, 0.15) is 5.75 Å². The van der Waals surface area contributed by atoms with E-state index in [-0.39, 0.29) is 12.3 Å². The molecule has 0 radical (unpaired) electrons. The third-order valence-corrected chi connectivity index (χ3v) is 2.93. The van der Waals surface area contributed by atoms with Crippen molar-refractivity contribution in [3.63, 3.8) is 0 Å². The summed E-state index contributed by atoms with van der Waals surface area (Å²) in [5, 5.41) is 2.99. The molecule has 2 aromatic carbocycles. The first-order valence-electron chi connectivity index (χ1n) is 6.09. The second kappa shape index (κ2) is 6.54. The Bertz CT molecular complexity index is 677. The van der Waals surface area contributed by atoms with Gasteiger partial charge in [0.05, 0.1) is 0 Å². The zero-order valence-corrected chi connectivity index (χ0v) is 11.9. The van der Waals surface area contributed by atoms with Gasteiger partial charge < -0.3 is 10.1 Å². The molecule has 1 amide bonds. The van der Waals surface area contributed by atoms with Crippen molar-refractivity contribution in [1.82, 2.24) is 0 Å². The van der Waals surface area contributed by atoms with Crippen molar-refractivity contribution in [2.75, 3.05) is 11.9 Å². The zero-order chi connectivity index (χ0) is 15.4. The lowest BCUT2D eigenvalue weighted by Gasteiger charge is -2.10. The molecule has 0 aromatic heterocycles. The maximum Gasteiger partial charge on any atom is 0.262 e. The Kier molecular flexibility index (Phi) is 4.75. The standard InChI is InChI=1S/C15H12ClF2NO2/c1-9-6-10(16)2-5-14(9)21-8-15(20)19-11-3-4-12(17)13(18)7-11/h2-7H,8H2,1H3,(H,19,20). The molecule has 0 spiro atoms. The number of rotatable bonds is 4. The molecule has 2 aromatic rings. The van der Waals surface area contributed by atoms with Crippen molar-refractivity contribution in [3.8, 4) is 5.75 Å². The smallest absolute Gasteiger partial charge is 0.262 e. The Balaban J connectivity index is 1.94. The quantitative estimate of drug-likeness (QED) is 0.928. The van der Waals surface area contributed by atoms with Gasteiger partial charge >= 0.3 is 0 Å². The summed E-state index contributed by atoms with van der Waals surface area (Å²) in [4.78, 5) is 11.7. The minimum absolute atomic E-state index is 0.162. The van der Waals surface area contributed by atoms with E-state index >= 15 is 0 Å². The van der Waals surface area contributed by atoms with E-state index in [0.29, 0.717) is 10.8 Å². The SMILES string of the molecule is Cc1cc(Cl)ccc1OCC(=O)Nc1ccc(F)c(F)c1. The number of aryl methyl sites for hydroxylation is 1. The fourth-order valence-electron chi connectivity index (χ4n) is 1.69. The van der Waals surface area contributed by atoms with Crippen molar-refractivity contribution < 1.29 is 18.3 Å². The van der Waals surface area contributed by atoms with Gasteiger partial charge in [-0.3, -0.25) is 4.79 Å². The normalized spacial score (nSPS) is 10.3. The molecule has 6 heteroatoms. The van der Waals surface area contributed by atoms with Crippen molar-refractivity contribution in [2.45, 2.75) is 6.92 Å². The first-order valence-corrected chi connectivity index (χ1v) is 6.47. The predicted molar refractivity (Wildman–Crippen MR) is 76.7 cm³/mol. The average Bonchev–Trinajstić information content (AvgIpc) is 2.42. The molecule has 0 aliphatic heterocycles. The van der Waals surface area contributed by atoms with Gasteiger partial charge in [0.25, 0.3) is 5.91 Å². The van der Waals surface area contributed by atoms with Gasteiger partial charge in [-0.15, -0.1) is 0 Å². The summed E-state index contributed by atoms with van der Waals surface area (Å²) in [5.41, 5.74) is 0.957. The number of carbonyl (C=O) groups excluding carboxylic acids is 1. The van der Waals surface area contributed by atoms with Gasteiger partial charge in [-0.05, 0) is 42.8 Å². The van der Waals surface area contributed by atoms with Gasteiger partial charge in [0.15, 0.2) is 18.2 Å². The van der Waals surface area contributed by atoms with Gasteiger partial charge in [0.2, 0.25) is 0 Å². The van der Waals surface area contributed by atoms with Crippen LogP contribution in [0.1, 0.15) is 5.56 Å². The maximum absolute atomic E-state index is 13.0. The molecule has 0 saturated carbocycles. The van der Waals surface area contributed by atoms with Crippen LogP contribution in [-0.2, 0) is 4.79 Å². The number of hydrogen-bond donors (Lipinski definition) is 1. The number of carbonyl (C=O) groups is 1. The topological polar surface area (TPSA) is 38.3 Å². The number of nitrogens with one attached hydrogen (secondary N) is 1. The number of amides is 1. The molecule has 1 N–H and O–H groups in total. The van der Waals surface area contributed by atoms with E-state index < -0.39 is 17.5 Å². The molecule has 2 rings (SSSR count). The Hall–Kier alpha value is -2.14. The van der Waals surface area contributed by atoms with E-state index in [4.69, 9.17) is 16.3 Å². The molecule has 0 atom stereocenters. The largest absolute Gasteiger partial charge is 0.483 e. The number of hydrogen-bond acceptors (Lipinski definition) is 2. The highest BCUT2D eigenvalue weighted by atomic mass is 35.5. The van der Waals surface area contributed by atoms with Crippen molar-refractivity contribution in [1.29, 1.82) is 0 Å². The van der Waals surface area contributed by atoms with Gasteiger partial charge in [0, 0.05) is 16.8 Å². The van der Waals surface area contributed by atoms with Crippen LogP contribution in [0.2, 0.25) is 5.02 Å². The molecule has 0 bridgehead atoms. The highest BCUT2D eigenvalue weighted by Gasteiger charge is 2.08. The molecule has 0 saturated heterocycles. The van der Waals surface area contributed by atoms with Crippen molar-refractivity contribution in [2.24, 2.45) is 0 Å². The summed E-state index contributed by atoms with van der Waals surface area (Å²) in [5.74, 6) is -1.95. The monoisotopic (exact) mass is 311 g/mol. The minimum Gasteiger partial charge on any atom is -0.483 e. The number of halogens is 3. The Labute approximate surface area is 125 Å². The van der Waals surface area contributed by atoms with Crippen molar-refractivity contribution >= 4 is 23.2 Å². The summed E-state index contributed by atoms with van der Waals surface area (Å²) in [6, 6.07) is 8.13. The molecule has 0 heterocycles. The molecule has 21 heavy (non-hydrogen) atoms. The number of ether oxygens (including phenoxy) is 1. The predicted octanol–water partition coefficient (Wildman–Crippen LogP) is 3.94. The van der Waals surface area contributed by atoms with Gasteiger partial charge in [-0.2, -0.15) is 0 Å².